The summed E-state index contributed by atoms with van der Waals surface area (Å²) in [4.78, 5) is 15.6. The normalized spacial score (nSPS) is 23.6. The third kappa shape index (κ3) is 3.39. The molecule has 1 amide bonds. The van der Waals surface area contributed by atoms with Crippen LogP contribution in [0.15, 0.2) is 18.2 Å². The van der Waals surface area contributed by atoms with Crippen LogP contribution in [-0.4, -0.2) is 37.9 Å². The number of carbonyl (C=O) groups excluding carboxylic acids is 1. The van der Waals surface area contributed by atoms with E-state index in [1.807, 2.05) is 0 Å². The Bertz CT molecular complexity index is 769. The van der Waals surface area contributed by atoms with Crippen LogP contribution in [0.1, 0.15) is 30.4 Å². The molecular formula is C15H17Cl2N5O2. The highest BCUT2D eigenvalue weighted by atomic mass is 35.5. The molecule has 128 valence electrons. The van der Waals surface area contributed by atoms with Crippen molar-refractivity contribution in [1.82, 2.24) is 14.8 Å². The van der Waals surface area contributed by atoms with Crippen molar-refractivity contribution in [3.63, 3.8) is 0 Å². The van der Waals surface area contributed by atoms with Gasteiger partial charge in [-0.05, 0) is 31.0 Å². The lowest BCUT2D eigenvalue weighted by atomic mass is 10.1. The van der Waals surface area contributed by atoms with Gasteiger partial charge in [0.1, 0.15) is 5.82 Å². The van der Waals surface area contributed by atoms with E-state index in [0.29, 0.717) is 40.2 Å². The summed E-state index contributed by atoms with van der Waals surface area (Å²) in [6.45, 7) is 0. The minimum absolute atomic E-state index is 0.0668. The topological polar surface area (TPSA) is 120 Å². The van der Waals surface area contributed by atoms with E-state index in [-0.39, 0.29) is 18.4 Å². The van der Waals surface area contributed by atoms with Gasteiger partial charge < -0.3 is 16.6 Å². The third-order valence-electron chi connectivity index (χ3n) is 4.10. The second-order valence-corrected chi connectivity index (χ2v) is 6.75. The average Bonchev–Trinajstić information content (AvgIpc) is 3.05. The Morgan fingerprint density at radius 2 is 2.08 bits per heavy atom. The summed E-state index contributed by atoms with van der Waals surface area (Å²) in [5, 5.41) is 15.1. The highest BCUT2D eigenvalue weighted by Crippen LogP contribution is 2.34. The monoisotopic (exact) mass is 369 g/mol. The number of amides is 1. The fourth-order valence-corrected chi connectivity index (χ4v) is 3.22. The number of halogens is 2. The third-order valence-corrected chi connectivity index (χ3v) is 4.84. The van der Waals surface area contributed by atoms with Gasteiger partial charge in [0.05, 0.1) is 28.3 Å². The maximum atomic E-state index is 11.2. The summed E-state index contributed by atoms with van der Waals surface area (Å²) in [6, 6.07) is 4.77. The smallest absolute Gasteiger partial charge is 0.225 e. The molecule has 0 aliphatic heterocycles. The number of primary amides is 1. The van der Waals surface area contributed by atoms with E-state index in [2.05, 4.69) is 10.1 Å². The van der Waals surface area contributed by atoms with Crippen LogP contribution in [-0.2, 0) is 11.2 Å². The number of aliphatic hydroxyl groups excluding tert-OH is 1. The quantitative estimate of drug-likeness (QED) is 0.746. The van der Waals surface area contributed by atoms with E-state index in [9.17, 15) is 9.90 Å². The van der Waals surface area contributed by atoms with E-state index in [0.717, 1.165) is 0 Å². The number of rotatable bonds is 4. The van der Waals surface area contributed by atoms with Gasteiger partial charge >= 0.3 is 0 Å². The Kier molecular flexibility index (Phi) is 4.78. The molecule has 1 saturated carbocycles. The zero-order valence-electron chi connectivity index (χ0n) is 12.7. The summed E-state index contributed by atoms with van der Waals surface area (Å²) < 4.78 is 1.61. The van der Waals surface area contributed by atoms with Crippen molar-refractivity contribution in [1.29, 1.82) is 0 Å². The van der Waals surface area contributed by atoms with E-state index >= 15 is 0 Å². The molecule has 9 heteroatoms. The van der Waals surface area contributed by atoms with Crippen LogP contribution in [0, 0.1) is 0 Å². The highest BCUT2D eigenvalue weighted by molar-refractivity contribution is 6.42. The van der Waals surface area contributed by atoms with Gasteiger partial charge in [-0.15, -0.1) is 0 Å². The molecular weight excluding hydrogens is 353 g/mol. The number of hydrogen-bond donors (Lipinski definition) is 3. The van der Waals surface area contributed by atoms with Gasteiger partial charge in [0.2, 0.25) is 5.91 Å². The predicted molar refractivity (Wildman–Crippen MR) is 90.2 cm³/mol. The molecule has 0 unspecified atom stereocenters. The first kappa shape index (κ1) is 17.2. The van der Waals surface area contributed by atoms with Crippen LogP contribution in [0.2, 0.25) is 10.0 Å². The van der Waals surface area contributed by atoms with Crippen molar-refractivity contribution in [2.24, 2.45) is 11.5 Å². The second kappa shape index (κ2) is 6.68. The lowest BCUT2D eigenvalue weighted by Crippen LogP contribution is -2.28. The van der Waals surface area contributed by atoms with Gasteiger partial charge in [-0.1, -0.05) is 23.2 Å². The zero-order chi connectivity index (χ0) is 17.4. The van der Waals surface area contributed by atoms with Gasteiger partial charge in [-0.3, -0.25) is 4.79 Å². The first-order chi connectivity index (χ1) is 11.3. The van der Waals surface area contributed by atoms with E-state index in [4.69, 9.17) is 34.7 Å². The van der Waals surface area contributed by atoms with Crippen molar-refractivity contribution in [2.45, 2.75) is 37.3 Å². The summed E-state index contributed by atoms with van der Waals surface area (Å²) in [6.07, 6.45) is 0.408. The lowest BCUT2D eigenvalue weighted by Gasteiger charge is -2.11. The molecule has 3 rings (SSSR count). The SMILES string of the molecule is NC(=O)Cc1nc([C@H]2C[C@H](N)[C@@H](O)C2)n(-c2ccc(Cl)c(Cl)c2)n1. The molecule has 3 atom stereocenters. The van der Waals surface area contributed by atoms with Crippen LogP contribution < -0.4 is 11.5 Å². The zero-order valence-corrected chi connectivity index (χ0v) is 14.2. The molecule has 1 aromatic carbocycles. The van der Waals surface area contributed by atoms with E-state index < -0.39 is 12.0 Å². The van der Waals surface area contributed by atoms with Gasteiger partial charge in [0.15, 0.2) is 5.82 Å². The molecule has 0 bridgehead atoms. The molecule has 0 radical (unpaired) electrons. The Balaban J connectivity index is 2.04. The summed E-state index contributed by atoms with van der Waals surface area (Å²) in [5.74, 6) is 0.352. The first-order valence-corrected chi connectivity index (χ1v) is 8.24. The second-order valence-electron chi connectivity index (χ2n) is 5.94. The van der Waals surface area contributed by atoms with Gasteiger partial charge in [-0.2, -0.15) is 5.10 Å². The molecule has 1 aromatic heterocycles. The molecule has 1 heterocycles. The van der Waals surface area contributed by atoms with Crippen LogP contribution in [0.4, 0.5) is 0 Å². The van der Waals surface area contributed by atoms with Crippen molar-refractivity contribution in [3.8, 4) is 5.69 Å². The van der Waals surface area contributed by atoms with Crippen LogP contribution >= 0.6 is 23.2 Å². The van der Waals surface area contributed by atoms with Crippen LogP contribution in [0.25, 0.3) is 5.69 Å². The molecule has 24 heavy (non-hydrogen) atoms. The number of benzene rings is 1. The fraction of sp³-hybridized carbons (Fsp3) is 0.400. The van der Waals surface area contributed by atoms with Crippen molar-refractivity contribution >= 4 is 29.1 Å². The Morgan fingerprint density at radius 3 is 2.67 bits per heavy atom. The number of nitrogens with zero attached hydrogens (tertiary/aromatic N) is 3. The van der Waals surface area contributed by atoms with Gasteiger partial charge in [0.25, 0.3) is 0 Å². The van der Waals surface area contributed by atoms with Crippen molar-refractivity contribution in [3.05, 3.63) is 39.9 Å². The first-order valence-electron chi connectivity index (χ1n) is 7.48. The number of nitrogens with two attached hydrogens (primary N) is 2. The van der Waals surface area contributed by atoms with Crippen molar-refractivity contribution < 1.29 is 9.90 Å². The molecule has 1 aliphatic carbocycles. The molecule has 5 N–H and O–H groups in total. The Labute approximate surface area is 148 Å². The van der Waals surface area contributed by atoms with Gasteiger partial charge in [0, 0.05) is 12.0 Å². The molecule has 1 fully saturated rings. The van der Waals surface area contributed by atoms with Crippen molar-refractivity contribution in [2.75, 3.05) is 0 Å². The minimum Gasteiger partial charge on any atom is -0.391 e. The summed E-state index contributed by atoms with van der Waals surface area (Å²) in [5.41, 5.74) is 11.8. The fourth-order valence-electron chi connectivity index (χ4n) is 2.93. The maximum Gasteiger partial charge on any atom is 0.225 e. The van der Waals surface area contributed by atoms with E-state index in [1.54, 1.807) is 22.9 Å². The maximum absolute atomic E-state index is 11.2. The number of carbonyl (C=O) groups is 1. The lowest BCUT2D eigenvalue weighted by molar-refractivity contribution is -0.117. The van der Waals surface area contributed by atoms with Gasteiger partial charge in [-0.25, -0.2) is 9.67 Å². The standard InChI is InChI=1S/C15H17Cl2N5O2/c16-9-2-1-8(5-10(9)17)22-15(7-3-11(18)12(23)4-7)20-14(21-22)6-13(19)24/h1-2,5,7,11-12,23H,3-4,6,18H2,(H2,19,24)/t7-,11-,12-/m0/s1. The summed E-state index contributed by atoms with van der Waals surface area (Å²) in [7, 11) is 0. The number of aromatic nitrogens is 3. The predicted octanol–water partition coefficient (Wildman–Crippen LogP) is 1.17. The minimum atomic E-state index is -0.589. The largest absolute Gasteiger partial charge is 0.391 e. The average molecular weight is 370 g/mol. The van der Waals surface area contributed by atoms with E-state index in [1.165, 1.54) is 0 Å². The highest BCUT2D eigenvalue weighted by Gasteiger charge is 2.35. The molecule has 0 spiro atoms. The van der Waals surface area contributed by atoms with Crippen LogP contribution in [0.5, 0.6) is 0 Å². The Morgan fingerprint density at radius 1 is 1.33 bits per heavy atom. The molecule has 2 aromatic rings. The molecule has 0 saturated heterocycles. The van der Waals surface area contributed by atoms with Crippen LogP contribution in [0.3, 0.4) is 0 Å². The molecule has 1 aliphatic rings. The Hall–Kier alpha value is -1.67. The number of hydrogen-bond acceptors (Lipinski definition) is 5. The number of aliphatic hydroxyl groups is 1. The molecule has 7 nitrogen and oxygen atoms in total. The summed E-state index contributed by atoms with van der Waals surface area (Å²) >= 11 is 12.0.